The Bertz CT molecular complexity index is 1220. The van der Waals surface area contributed by atoms with Gasteiger partial charge in [-0.25, -0.2) is 9.97 Å². The number of amides is 1. The zero-order valence-electron chi connectivity index (χ0n) is 18.0. The highest BCUT2D eigenvalue weighted by Crippen LogP contribution is 2.34. The molecule has 0 aliphatic carbocycles. The molecule has 4 rings (SSSR count). The number of benzene rings is 2. The first-order valence-electron chi connectivity index (χ1n) is 9.96. The molecule has 2 aromatic heterocycles. The summed E-state index contributed by atoms with van der Waals surface area (Å²) in [6.45, 7) is 5.38. The molecule has 0 unspecified atom stereocenters. The minimum absolute atomic E-state index is 0. The molecule has 1 amide bonds. The van der Waals surface area contributed by atoms with E-state index in [0.29, 0.717) is 28.0 Å². The number of imidazole rings is 1. The maximum atomic E-state index is 13.6. The number of ether oxygens (including phenoxy) is 1. The summed E-state index contributed by atoms with van der Waals surface area (Å²) in [5, 5.41) is 1.15. The number of rotatable bonds is 7. The van der Waals surface area contributed by atoms with Crippen LogP contribution in [0.15, 0.2) is 49.1 Å². The van der Waals surface area contributed by atoms with Gasteiger partial charge in [0, 0.05) is 30.5 Å². The molecule has 0 aliphatic heterocycles. The first kappa shape index (κ1) is 24.0. The number of aryl methyl sites for hydroxylation is 3. The highest BCUT2D eigenvalue weighted by Gasteiger charge is 2.24. The second-order valence-electron chi connectivity index (χ2n) is 7.31. The van der Waals surface area contributed by atoms with Crippen LogP contribution in [0.3, 0.4) is 0 Å². The molecular weight excluding hydrogens is 467 g/mol. The quantitative estimate of drug-likeness (QED) is 0.322. The lowest BCUT2D eigenvalue weighted by Gasteiger charge is -2.21. The number of carbonyl (C=O) groups is 1. The smallest absolute Gasteiger partial charge is 0.263 e. The lowest BCUT2D eigenvalue weighted by Crippen LogP contribution is -2.32. The molecule has 6 nitrogen and oxygen atoms in total. The van der Waals surface area contributed by atoms with E-state index in [-0.39, 0.29) is 18.3 Å². The summed E-state index contributed by atoms with van der Waals surface area (Å²) in [6.07, 6.45) is 6.18. The van der Waals surface area contributed by atoms with Crippen molar-refractivity contribution in [1.82, 2.24) is 14.5 Å². The number of methoxy groups -OCH3 is 1. The third-order valence-corrected chi connectivity index (χ3v) is 6.58. The van der Waals surface area contributed by atoms with Crippen molar-refractivity contribution in [3.63, 3.8) is 0 Å². The van der Waals surface area contributed by atoms with Gasteiger partial charge >= 0.3 is 0 Å². The van der Waals surface area contributed by atoms with Gasteiger partial charge in [0.15, 0.2) is 5.13 Å². The Balaban J connectivity index is 0.00000289. The molecule has 168 valence electrons. The molecule has 0 aliphatic rings. The van der Waals surface area contributed by atoms with E-state index >= 15 is 0 Å². The van der Waals surface area contributed by atoms with Gasteiger partial charge in [-0.1, -0.05) is 29.0 Å². The third kappa shape index (κ3) is 4.90. The average molecular weight is 491 g/mol. The zero-order chi connectivity index (χ0) is 22.0. The summed E-state index contributed by atoms with van der Waals surface area (Å²) in [5.41, 5.74) is 3.67. The van der Waals surface area contributed by atoms with Crippen LogP contribution in [0, 0.1) is 13.8 Å². The van der Waals surface area contributed by atoms with E-state index in [1.165, 1.54) is 16.9 Å². The standard InChI is InChI=1S/C23H23ClN4O2S.ClH/c1-15-5-8-20-21(16(15)2)26-23(31-20)28(11-4-10-27-12-9-25-14-27)22(29)18-13-17(24)6-7-19(18)30-3;/h5-9,12-14H,4,10-11H2,1-3H3;1H. The van der Waals surface area contributed by atoms with Gasteiger partial charge in [0.2, 0.25) is 0 Å². The first-order chi connectivity index (χ1) is 15.0. The number of carbonyl (C=O) groups excluding carboxylic acids is 1. The topological polar surface area (TPSA) is 60.2 Å². The monoisotopic (exact) mass is 490 g/mol. The minimum Gasteiger partial charge on any atom is -0.496 e. The van der Waals surface area contributed by atoms with Crippen LogP contribution in [0.5, 0.6) is 5.75 Å². The Labute approximate surface area is 202 Å². The third-order valence-electron chi connectivity index (χ3n) is 5.30. The van der Waals surface area contributed by atoms with Crippen molar-refractivity contribution in [2.45, 2.75) is 26.8 Å². The number of fused-ring (bicyclic) bond motifs is 1. The molecule has 0 radical (unpaired) electrons. The van der Waals surface area contributed by atoms with Crippen molar-refractivity contribution in [1.29, 1.82) is 0 Å². The first-order valence-corrected chi connectivity index (χ1v) is 11.1. The van der Waals surface area contributed by atoms with Gasteiger partial charge in [0.1, 0.15) is 5.75 Å². The number of hydrogen-bond donors (Lipinski definition) is 0. The van der Waals surface area contributed by atoms with Gasteiger partial charge in [0.05, 0.1) is 29.2 Å². The second-order valence-corrected chi connectivity index (χ2v) is 8.75. The Morgan fingerprint density at radius 3 is 2.78 bits per heavy atom. The molecule has 4 aromatic rings. The summed E-state index contributed by atoms with van der Waals surface area (Å²) in [4.78, 5) is 24.3. The average Bonchev–Trinajstić information content (AvgIpc) is 3.43. The Hall–Kier alpha value is -2.61. The predicted molar refractivity (Wildman–Crippen MR) is 133 cm³/mol. The Kier molecular flexibility index (Phi) is 7.77. The van der Waals surface area contributed by atoms with E-state index in [2.05, 4.69) is 31.0 Å². The van der Waals surface area contributed by atoms with Crippen molar-refractivity contribution in [2.75, 3.05) is 18.6 Å². The summed E-state index contributed by atoms with van der Waals surface area (Å²) in [5.74, 6) is 0.306. The highest BCUT2D eigenvalue weighted by molar-refractivity contribution is 7.22. The molecule has 0 fully saturated rings. The van der Waals surface area contributed by atoms with Crippen LogP contribution in [-0.4, -0.2) is 34.1 Å². The highest BCUT2D eigenvalue weighted by atomic mass is 35.5. The maximum absolute atomic E-state index is 13.6. The van der Waals surface area contributed by atoms with E-state index in [4.69, 9.17) is 21.3 Å². The minimum atomic E-state index is -0.182. The lowest BCUT2D eigenvalue weighted by atomic mass is 10.1. The molecule has 0 spiro atoms. The van der Waals surface area contributed by atoms with Crippen molar-refractivity contribution >= 4 is 56.6 Å². The van der Waals surface area contributed by atoms with Gasteiger partial charge < -0.3 is 9.30 Å². The van der Waals surface area contributed by atoms with Gasteiger partial charge in [-0.2, -0.15) is 0 Å². The van der Waals surface area contributed by atoms with Gasteiger partial charge in [-0.3, -0.25) is 9.69 Å². The lowest BCUT2D eigenvalue weighted by molar-refractivity contribution is 0.0983. The van der Waals surface area contributed by atoms with Crippen LogP contribution in [-0.2, 0) is 6.54 Å². The van der Waals surface area contributed by atoms with E-state index in [1.807, 2.05) is 10.8 Å². The molecule has 0 atom stereocenters. The second kappa shape index (κ2) is 10.3. The van der Waals surface area contributed by atoms with Crippen LogP contribution < -0.4 is 9.64 Å². The fourth-order valence-corrected chi connectivity index (χ4v) is 4.66. The Morgan fingerprint density at radius 2 is 2.06 bits per heavy atom. The van der Waals surface area contributed by atoms with Crippen LogP contribution in [0.4, 0.5) is 5.13 Å². The van der Waals surface area contributed by atoms with Crippen molar-refractivity contribution in [2.24, 2.45) is 0 Å². The summed E-state index contributed by atoms with van der Waals surface area (Å²) in [7, 11) is 1.55. The predicted octanol–water partition coefficient (Wildman–Crippen LogP) is 5.93. The number of halogens is 2. The van der Waals surface area contributed by atoms with E-state index < -0.39 is 0 Å². The number of hydrogen-bond acceptors (Lipinski definition) is 5. The molecule has 2 aromatic carbocycles. The fraction of sp³-hybridized carbons (Fsp3) is 0.261. The fourth-order valence-electron chi connectivity index (χ4n) is 3.44. The summed E-state index contributed by atoms with van der Waals surface area (Å²) < 4.78 is 8.48. The summed E-state index contributed by atoms with van der Waals surface area (Å²) in [6, 6.07) is 9.22. The molecule has 9 heteroatoms. The largest absolute Gasteiger partial charge is 0.496 e. The van der Waals surface area contributed by atoms with E-state index in [9.17, 15) is 4.79 Å². The van der Waals surface area contributed by atoms with E-state index in [1.54, 1.807) is 42.7 Å². The summed E-state index contributed by atoms with van der Waals surface area (Å²) >= 11 is 7.71. The van der Waals surface area contributed by atoms with Crippen LogP contribution >= 0.6 is 35.3 Å². The molecule has 2 heterocycles. The number of aromatic nitrogens is 3. The molecule has 0 N–H and O–H groups in total. The van der Waals surface area contributed by atoms with Crippen LogP contribution in [0.25, 0.3) is 10.2 Å². The van der Waals surface area contributed by atoms with Gasteiger partial charge in [0.25, 0.3) is 5.91 Å². The van der Waals surface area contributed by atoms with Crippen molar-refractivity contribution in [3.8, 4) is 5.75 Å². The van der Waals surface area contributed by atoms with Crippen molar-refractivity contribution < 1.29 is 9.53 Å². The number of nitrogens with zero attached hydrogens (tertiary/aromatic N) is 4. The molecule has 0 saturated carbocycles. The molecular formula is C23H24Cl2N4O2S. The van der Waals surface area contributed by atoms with Gasteiger partial charge in [-0.15, -0.1) is 12.4 Å². The molecule has 0 bridgehead atoms. The molecule has 0 saturated heterocycles. The van der Waals surface area contributed by atoms with Crippen molar-refractivity contribution in [3.05, 3.63) is 70.8 Å². The van der Waals surface area contributed by atoms with Gasteiger partial charge in [-0.05, 0) is 55.7 Å². The Morgan fingerprint density at radius 1 is 1.25 bits per heavy atom. The van der Waals surface area contributed by atoms with Crippen LogP contribution in [0.1, 0.15) is 27.9 Å². The SMILES string of the molecule is COc1ccc(Cl)cc1C(=O)N(CCCn1ccnc1)c1nc2c(C)c(C)ccc2s1.Cl. The number of anilines is 1. The maximum Gasteiger partial charge on any atom is 0.263 e. The zero-order valence-corrected chi connectivity index (χ0v) is 20.4. The molecule has 32 heavy (non-hydrogen) atoms. The van der Waals surface area contributed by atoms with E-state index in [0.717, 1.165) is 28.7 Å². The number of thiazole rings is 1. The normalized spacial score (nSPS) is 10.8. The van der Waals surface area contributed by atoms with Crippen LogP contribution in [0.2, 0.25) is 5.02 Å².